The third-order valence-electron chi connectivity index (χ3n) is 3.21. The first kappa shape index (κ1) is 11.1. The quantitative estimate of drug-likeness (QED) is 0.732. The number of rotatable bonds is 1. The summed E-state index contributed by atoms with van der Waals surface area (Å²) < 4.78 is 14.9. The Bertz CT molecular complexity index is 393. The van der Waals surface area contributed by atoms with Gasteiger partial charge in [0, 0.05) is 31.3 Å². The molecule has 92 valence electrons. The summed E-state index contributed by atoms with van der Waals surface area (Å²) in [6.07, 6.45) is 1.46. The minimum atomic E-state index is -0.433. The van der Waals surface area contributed by atoms with Gasteiger partial charge >= 0.3 is 0 Å². The molecule has 0 aromatic carbocycles. The van der Waals surface area contributed by atoms with Crippen molar-refractivity contribution < 1.29 is 14.3 Å². The number of piperidine rings is 1. The fourth-order valence-electron chi connectivity index (χ4n) is 2.26. The SMILES string of the molecule is O=C(c1csnn1)N1CCC2(CC1)OCCO2. The number of hydrogen-bond donors (Lipinski definition) is 0. The molecule has 2 fully saturated rings. The second kappa shape index (κ2) is 4.32. The predicted octanol–water partition coefficient (Wildman–Crippen LogP) is 0.517. The minimum Gasteiger partial charge on any atom is -0.347 e. The van der Waals surface area contributed by atoms with E-state index in [0.29, 0.717) is 32.0 Å². The van der Waals surface area contributed by atoms with Crippen LogP contribution in [0.1, 0.15) is 23.3 Å². The molecule has 2 saturated heterocycles. The third kappa shape index (κ3) is 2.05. The third-order valence-corrected chi connectivity index (χ3v) is 3.71. The van der Waals surface area contributed by atoms with Crippen LogP contribution in [0.15, 0.2) is 5.38 Å². The molecule has 6 nitrogen and oxygen atoms in total. The molecule has 0 N–H and O–H groups in total. The van der Waals surface area contributed by atoms with Crippen molar-refractivity contribution in [1.29, 1.82) is 0 Å². The molecule has 1 aromatic rings. The molecule has 3 rings (SSSR count). The van der Waals surface area contributed by atoms with Gasteiger partial charge in [-0.15, -0.1) is 5.10 Å². The molecule has 1 spiro atoms. The average Bonchev–Trinajstić information content (AvgIpc) is 3.01. The molecule has 0 unspecified atom stereocenters. The molecular formula is C10H13N3O3S. The smallest absolute Gasteiger partial charge is 0.275 e. The van der Waals surface area contributed by atoms with Crippen molar-refractivity contribution in [3.63, 3.8) is 0 Å². The molecule has 1 amide bonds. The van der Waals surface area contributed by atoms with Gasteiger partial charge in [0.15, 0.2) is 11.5 Å². The van der Waals surface area contributed by atoms with Crippen LogP contribution in [0.2, 0.25) is 0 Å². The first-order valence-electron chi connectivity index (χ1n) is 5.63. The summed E-state index contributed by atoms with van der Waals surface area (Å²) in [7, 11) is 0. The summed E-state index contributed by atoms with van der Waals surface area (Å²) >= 11 is 1.19. The molecule has 1 aromatic heterocycles. The lowest BCUT2D eigenvalue weighted by atomic mass is 10.0. The van der Waals surface area contributed by atoms with Crippen molar-refractivity contribution in [3.05, 3.63) is 11.1 Å². The van der Waals surface area contributed by atoms with E-state index in [2.05, 4.69) is 9.59 Å². The van der Waals surface area contributed by atoms with Crippen LogP contribution in [0.5, 0.6) is 0 Å². The zero-order valence-electron chi connectivity index (χ0n) is 9.29. The molecule has 0 atom stereocenters. The number of likely N-dealkylation sites (tertiary alicyclic amines) is 1. The Balaban J connectivity index is 1.63. The van der Waals surface area contributed by atoms with Gasteiger partial charge in [0.05, 0.1) is 13.2 Å². The number of aromatic nitrogens is 2. The Morgan fingerprint density at radius 1 is 1.35 bits per heavy atom. The average molecular weight is 255 g/mol. The van der Waals surface area contributed by atoms with Crippen LogP contribution in [0.25, 0.3) is 0 Å². The molecule has 0 aliphatic carbocycles. The molecule has 0 saturated carbocycles. The maximum absolute atomic E-state index is 12.0. The Morgan fingerprint density at radius 3 is 2.65 bits per heavy atom. The van der Waals surface area contributed by atoms with E-state index in [1.54, 1.807) is 10.3 Å². The van der Waals surface area contributed by atoms with E-state index in [-0.39, 0.29) is 5.91 Å². The highest BCUT2D eigenvalue weighted by atomic mass is 32.1. The highest BCUT2D eigenvalue weighted by Gasteiger charge is 2.41. The summed E-state index contributed by atoms with van der Waals surface area (Å²) in [5.74, 6) is -0.483. The van der Waals surface area contributed by atoms with Crippen LogP contribution in [0.3, 0.4) is 0 Å². The first-order chi connectivity index (χ1) is 8.29. The standard InChI is InChI=1S/C10H13N3O3S/c14-9(8-7-17-12-11-8)13-3-1-10(2-4-13)15-5-6-16-10/h7H,1-6H2. The van der Waals surface area contributed by atoms with E-state index in [4.69, 9.17) is 9.47 Å². The molecule has 0 bridgehead atoms. The highest BCUT2D eigenvalue weighted by molar-refractivity contribution is 7.03. The normalized spacial score (nSPS) is 23.2. The number of carbonyl (C=O) groups is 1. The maximum atomic E-state index is 12.0. The highest BCUT2D eigenvalue weighted by Crippen LogP contribution is 2.31. The van der Waals surface area contributed by atoms with Gasteiger partial charge in [-0.2, -0.15) is 0 Å². The molecule has 2 aliphatic rings. The fourth-order valence-corrected chi connectivity index (χ4v) is 2.69. The number of ether oxygens (including phenoxy) is 2. The number of nitrogens with zero attached hydrogens (tertiary/aromatic N) is 3. The second-order valence-corrected chi connectivity index (χ2v) is 4.80. The van der Waals surface area contributed by atoms with Crippen LogP contribution >= 0.6 is 11.5 Å². The number of carbonyl (C=O) groups excluding carboxylic acids is 1. The van der Waals surface area contributed by atoms with Crippen molar-refractivity contribution in [1.82, 2.24) is 14.5 Å². The lowest BCUT2D eigenvalue weighted by Crippen LogP contribution is -2.47. The van der Waals surface area contributed by atoms with Crippen molar-refractivity contribution in [3.8, 4) is 0 Å². The van der Waals surface area contributed by atoms with Gasteiger partial charge < -0.3 is 14.4 Å². The summed E-state index contributed by atoms with van der Waals surface area (Å²) in [5.41, 5.74) is 0.430. The van der Waals surface area contributed by atoms with E-state index in [1.807, 2.05) is 0 Å². The van der Waals surface area contributed by atoms with Gasteiger partial charge in [-0.3, -0.25) is 4.79 Å². The zero-order chi connectivity index (χ0) is 11.7. The van der Waals surface area contributed by atoms with Crippen molar-refractivity contribution >= 4 is 17.4 Å². The van der Waals surface area contributed by atoms with Crippen molar-refractivity contribution in [2.24, 2.45) is 0 Å². The van der Waals surface area contributed by atoms with Gasteiger partial charge in [0.2, 0.25) is 0 Å². The van der Waals surface area contributed by atoms with E-state index in [9.17, 15) is 4.79 Å². The van der Waals surface area contributed by atoms with Crippen molar-refractivity contribution in [2.45, 2.75) is 18.6 Å². The number of hydrogen-bond acceptors (Lipinski definition) is 6. The summed E-state index contributed by atoms with van der Waals surface area (Å²) in [5, 5.41) is 5.47. The van der Waals surface area contributed by atoms with E-state index in [1.165, 1.54) is 11.5 Å². The van der Waals surface area contributed by atoms with Crippen LogP contribution in [0.4, 0.5) is 0 Å². The van der Waals surface area contributed by atoms with Crippen molar-refractivity contribution in [2.75, 3.05) is 26.3 Å². The van der Waals surface area contributed by atoms with Gasteiger partial charge in [-0.25, -0.2) is 0 Å². The summed E-state index contributed by atoms with van der Waals surface area (Å²) in [4.78, 5) is 13.8. The van der Waals surface area contributed by atoms with Crippen LogP contribution in [0, 0.1) is 0 Å². The fraction of sp³-hybridized carbons (Fsp3) is 0.700. The van der Waals surface area contributed by atoms with Crippen LogP contribution in [-0.4, -0.2) is 52.5 Å². The molecular weight excluding hydrogens is 242 g/mol. The first-order valence-corrected chi connectivity index (χ1v) is 6.47. The predicted molar refractivity (Wildman–Crippen MR) is 59.7 cm³/mol. The summed E-state index contributed by atoms with van der Waals surface area (Å²) in [6.45, 7) is 2.61. The van der Waals surface area contributed by atoms with E-state index >= 15 is 0 Å². The Labute approximate surface area is 103 Å². The maximum Gasteiger partial charge on any atom is 0.275 e. The molecule has 0 radical (unpaired) electrons. The second-order valence-electron chi connectivity index (χ2n) is 4.19. The van der Waals surface area contributed by atoms with Gasteiger partial charge in [-0.1, -0.05) is 4.49 Å². The molecule has 3 heterocycles. The lowest BCUT2D eigenvalue weighted by Gasteiger charge is -2.37. The Hall–Kier alpha value is -1.05. The largest absolute Gasteiger partial charge is 0.347 e. The van der Waals surface area contributed by atoms with Gasteiger partial charge in [0.25, 0.3) is 5.91 Å². The Kier molecular flexibility index (Phi) is 2.81. The minimum absolute atomic E-state index is 0.0494. The lowest BCUT2D eigenvalue weighted by molar-refractivity contribution is -0.181. The van der Waals surface area contributed by atoms with Gasteiger partial charge in [-0.05, 0) is 11.5 Å². The molecule has 17 heavy (non-hydrogen) atoms. The molecule has 7 heteroatoms. The topological polar surface area (TPSA) is 64.6 Å². The molecule has 2 aliphatic heterocycles. The van der Waals surface area contributed by atoms with E-state index < -0.39 is 5.79 Å². The van der Waals surface area contributed by atoms with Gasteiger partial charge in [0.1, 0.15) is 0 Å². The van der Waals surface area contributed by atoms with Crippen LogP contribution < -0.4 is 0 Å². The van der Waals surface area contributed by atoms with E-state index in [0.717, 1.165) is 12.8 Å². The monoisotopic (exact) mass is 255 g/mol. The summed E-state index contributed by atoms with van der Waals surface area (Å²) in [6, 6.07) is 0. The number of amides is 1. The zero-order valence-corrected chi connectivity index (χ0v) is 10.1. The van der Waals surface area contributed by atoms with Crippen LogP contribution in [-0.2, 0) is 9.47 Å². The Morgan fingerprint density at radius 2 is 2.06 bits per heavy atom.